The van der Waals surface area contributed by atoms with E-state index >= 15 is 0 Å². The summed E-state index contributed by atoms with van der Waals surface area (Å²) in [6.07, 6.45) is 2.37. The maximum Gasteiger partial charge on any atom is 0.316 e. The van der Waals surface area contributed by atoms with Gasteiger partial charge in [0.2, 0.25) is 0 Å². The Morgan fingerprint density at radius 3 is 2.25 bits per heavy atom. The number of piperidine rings is 1. The van der Waals surface area contributed by atoms with Crippen LogP contribution in [0.4, 0.5) is 0 Å². The molecule has 0 aromatic heterocycles. The second kappa shape index (κ2) is 8.19. The Bertz CT molecular complexity index is 686. The minimum absolute atomic E-state index is 0.0561. The number of carbonyl (C=O) groups is 2. The first-order valence-electron chi connectivity index (χ1n) is 9.86. The van der Waals surface area contributed by atoms with Gasteiger partial charge in [0.15, 0.2) is 0 Å². The van der Waals surface area contributed by atoms with Gasteiger partial charge in [0.1, 0.15) is 36.3 Å². The zero-order chi connectivity index (χ0) is 20.5. The average molecular weight is 391 g/mol. The molecule has 3 fully saturated rings. The SMILES string of the molecule is CC(=O)[O-].CC[N+]1(C)[C@H]2CC(OC(=O)C(CO)c3ccccc3)C[C@H]1[C@H]1O[C@H]12. The molecule has 0 amide bonds. The normalized spacial score (nSPS) is 35.8. The van der Waals surface area contributed by atoms with Crippen molar-refractivity contribution in [3.8, 4) is 0 Å². The summed E-state index contributed by atoms with van der Waals surface area (Å²) in [7, 11) is 2.31. The predicted octanol–water partition coefficient (Wildman–Crippen LogP) is 0.209. The van der Waals surface area contributed by atoms with E-state index in [2.05, 4.69) is 14.0 Å². The number of hydrogen-bond donors (Lipinski definition) is 1. The third-order valence-corrected chi connectivity index (χ3v) is 6.48. The number of aliphatic hydroxyl groups is 1. The van der Waals surface area contributed by atoms with Crippen LogP contribution in [-0.2, 0) is 19.1 Å². The number of rotatable bonds is 5. The molecule has 7 atom stereocenters. The van der Waals surface area contributed by atoms with E-state index in [1.54, 1.807) is 0 Å². The summed E-state index contributed by atoms with van der Waals surface area (Å²) >= 11 is 0. The zero-order valence-electron chi connectivity index (χ0n) is 16.6. The third kappa shape index (κ3) is 3.92. The Morgan fingerprint density at radius 1 is 1.25 bits per heavy atom. The highest BCUT2D eigenvalue weighted by Gasteiger charge is 2.71. The average Bonchev–Trinajstić information content (AvgIpc) is 3.41. The molecule has 3 aliphatic heterocycles. The van der Waals surface area contributed by atoms with E-state index in [9.17, 15) is 9.90 Å². The first-order chi connectivity index (χ1) is 13.3. The molecule has 3 heterocycles. The molecule has 3 saturated heterocycles. The van der Waals surface area contributed by atoms with Gasteiger partial charge in [-0.1, -0.05) is 30.3 Å². The van der Waals surface area contributed by atoms with Gasteiger partial charge in [-0.3, -0.25) is 4.79 Å². The largest absolute Gasteiger partial charge is 0.550 e. The highest BCUT2D eigenvalue weighted by molar-refractivity contribution is 5.78. The molecule has 3 unspecified atom stereocenters. The number of fused-ring (bicyclic) bond motifs is 5. The van der Waals surface area contributed by atoms with Gasteiger partial charge in [0, 0.05) is 18.8 Å². The summed E-state index contributed by atoms with van der Waals surface area (Å²) in [6.45, 7) is 4.07. The lowest BCUT2D eigenvalue weighted by molar-refractivity contribution is -0.954. The number of benzene rings is 1. The fourth-order valence-electron chi connectivity index (χ4n) is 4.87. The minimum Gasteiger partial charge on any atom is -0.550 e. The molecule has 1 aromatic rings. The molecule has 1 N–H and O–H groups in total. The van der Waals surface area contributed by atoms with Crippen LogP contribution in [0.5, 0.6) is 0 Å². The number of aliphatic carboxylic acids is 1. The van der Waals surface area contributed by atoms with Crippen molar-refractivity contribution < 1.29 is 33.8 Å². The molecule has 0 aliphatic carbocycles. The predicted molar refractivity (Wildman–Crippen MR) is 99.0 cm³/mol. The number of morpholine rings is 1. The third-order valence-electron chi connectivity index (χ3n) is 6.48. The molecule has 1 aromatic carbocycles. The molecule has 0 spiro atoms. The van der Waals surface area contributed by atoms with E-state index in [1.165, 1.54) is 0 Å². The maximum absolute atomic E-state index is 12.6. The Morgan fingerprint density at radius 2 is 1.79 bits per heavy atom. The second-order valence-electron chi connectivity index (χ2n) is 8.03. The standard InChI is InChI=1S/C19H26NO4.C2H4O2/c1-3-20(2)15-9-13(10-16(20)18-17(15)24-18)23-19(22)14(11-21)12-7-5-4-6-8-12;1-2(3)4/h4-8,13-18,21H,3,9-11H2,1-2H3;1H3,(H,3,4)/q+1;/p-1/t13?,14?,15-,16-,17-,18+,20?;/m0./s1. The van der Waals surface area contributed by atoms with Crippen molar-refractivity contribution in [2.75, 3.05) is 20.2 Å². The minimum atomic E-state index is -1.08. The zero-order valence-corrected chi connectivity index (χ0v) is 16.6. The van der Waals surface area contributed by atoms with Crippen LogP contribution in [-0.4, -0.2) is 72.1 Å². The van der Waals surface area contributed by atoms with Crippen LogP contribution in [0.25, 0.3) is 0 Å². The summed E-state index contributed by atoms with van der Waals surface area (Å²) in [6, 6.07) is 10.2. The van der Waals surface area contributed by atoms with Gasteiger partial charge in [0.05, 0.1) is 20.2 Å². The fraction of sp³-hybridized carbons (Fsp3) is 0.619. The van der Waals surface area contributed by atoms with E-state index in [4.69, 9.17) is 19.4 Å². The molecule has 7 nitrogen and oxygen atoms in total. The van der Waals surface area contributed by atoms with Crippen LogP contribution in [0.15, 0.2) is 30.3 Å². The van der Waals surface area contributed by atoms with Gasteiger partial charge in [-0.05, 0) is 19.4 Å². The van der Waals surface area contributed by atoms with Crippen molar-refractivity contribution in [1.82, 2.24) is 0 Å². The molecule has 154 valence electrons. The molecular formula is C21H29NO6. The first kappa shape index (κ1) is 20.8. The van der Waals surface area contributed by atoms with Crippen LogP contribution < -0.4 is 5.11 Å². The van der Waals surface area contributed by atoms with Gasteiger partial charge in [-0.2, -0.15) is 0 Å². The van der Waals surface area contributed by atoms with Crippen molar-refractivity contribution in [2.45, 2.75) is 63.0 Å². The van der Waals surface area contributed by atoms with Gasteiger partial charge in [-0.25, -0.2) is 0 Å². The summed E-state index contributed by atoms with van der Waals surface area (Å²) < 4.78 is 12.7. The van der Waals surface area contributed by atoms with Crippen molar-refractivity contribution in [1.29, 1.82) is 0 Å². The number of hydrogen-bond acceptors (Lipinski definition) is 6. The smallest absolute Gasteiger partial charge is 0.316 e. The number of esters is 1. The van der Waals surface area contributed by atoms with Crippen LogP contribution in [0.1, 0.15) is 38.2 Å². The molecule has 28 heavy (non-hydrogen) atoms. The Kier molecular flexibility index (Phi) is 6.07. The second-order valence-corrected chi connectivity index (χ2v) is 8.03. The topological polar surface area (TPSA) is 99.2 Å². The molecule has 2 bridgehead atoms. The molecule has 7 heteroatoms. The summed E-state index contributed by atoms with van der Waals surface area (Å²) in [5.74, 6) is -1.99. The van der Waals surface area contributed by atoms with E-state index in [0.29, 0.717) is 24.3 Å². The molecule has 4 rings (SSSR count). The van der Waals surface area contributed by atoms with E-state index in [1.807, 2.05) is 30.3 Å². The molecular weight excluding hydrogens is 362 g/mol. The van der Waals surface area contributed by atoms with Crippen LogP contribution in [0.3, 0.4) is 0 Å². The maximum atomic E-state index is 12.6. The van der Waals surface area contributed by atoms with Crippen molar-refractivity contribution in [2.24, 2.45) is 0 Å². The number of nitrogens with zero attached hydrogens (tertiary/aromatic N) is 1. The van der Waals surface area contributed by atoms with E-state index < -0.39 is 11.9 Å². The highest BCUT2D eigenvalue weighted by Crippen LogP contribution is 2.52. The first-order valence-corrected chi connectivity index (χ1v) is 9.86. The molecule has 0 radical (unpaired) electrons. The van der Waals surface area contributed by atoms with Crippen molar-refractivity contribution in [3.63, 3.8) is 0 Å². The van der Waals surface area contributed by atoms with Crippen LogP contribution in [0.2, 0.25) is 0 Å². The van der Waals surface area contributed by atoms with Gasteiger partial charge in [-0.15, -0.1) is 0 Å². The number of quaternary nitrogens is 1. The Labute approximate surface area is 165 Å². The van der Waals surface area contributed by atoms with Gasteiger partial charge < -0.3 is 29.0 Å². The number of carboxylic acids is 1. The summed E-state index contributed by atoms with van der Waals surface area (Å²) in [5, 5.41) is 18.5. The number of likely N-dealkylation sites (N-methyl/N-ethyl adjacent to an activating group) is 1. The van der Waals surface area contributed by atoms with Crippen molar-refractivity contribution >= 4 is 11.9 Å². The van der Waals surface area contributed by atoms with Gasteiger partial charge >= 0.3 is 5.97 Å². The lowest BCUT2D eigenvalue weighted by Crippen LogP contribution is -2.62. The van der Waals surface area contributed by atoms with Crippen molar-refractivity contribution in [3.05, 3.63) is 35.9 Å². The molecule has 3 aliphatic rings. The van der Waals surface area contributed by atoms with Crippen LogP contribution >= 0.6 is 0 Å². The number of carbonyl (C=O) groups excluding carboxylic acids is 2. The Balaban J connectivity index is 0.000000516. The monoisotopic (exact) mass is 391 g/mol. The lowest BCUT2D eigenvalue weighted by atomic mass is 9.95. The summed E-state index contributed by atoms with van der Waals surface area (Å²) in [5.41, 5.74) is 0.809. The fourth-order valence-corrected chi connectivity index (χ4v) is 4.87. The highest BCUT2D eigenvalue weighted by atomic mass is 16.6. The number of carboxylic acid groups (broad SMARTS) is 1. The molecule has 0 saturated carbocycles. The van der Waals surface area contributed by atoms with E-state index in [0.717, 1.165) is 36.4 Å². The number of ether oxygens (including phenoxy) is 2. The number of aliphatic hydroxyl groups excluding tert-OH is 1. The van der Waals surface area contributed by atoms with Gasteiger partial charge in [0.25, 0.3) is 0 Å². The number of epoxide rings is 1. The van der Waals surface area contributed by atoms with E-state index in [-0.39, 0.29) is 18.7 Å². The Hall–Kier alpha value is -1.96. The van der Waals surface area contributed by atoms with Crippen LogP contribution in [0, 0.1) is 0 Å². The quantitative estimate of drug-likeness (QED) is 0.438. The lowest BCUT2D eigenvalue weighted by Gasteiger charge is -2.47. The summed E-state index contributed by atoms with van der Waals surface area (Å²) in [4.78, 5) is 21.5.